The third-order valence-corrected chi connectivity index (χ3v) is 2.17. The number of primary amides is 1. The number of rotatable bonds is 5. The second-order valence-electron chi connectivity index (χ2n) is 3.15. The Bertz CT molecular complexity index is 402. The summed E-state index contributed by atoms with van der Waals surface area (Å²) in [7, 11) is 1.09. The molecule has 0 saturated carbocycles. The number of carbonyl (C=O) groups is 2. The molecular formula is C9H12N2O5. The van der Waals surface area contributed by atoms with Gasteiger partial charge in [-0.2, -0.15) is 0 Å². The van der Waals surface area contributed by atoms with Gasteiger partial charge in [0.05, 0.1) is 11.4 Å². The molecule has 0 saturated heterocycles. The lowest BCUT2D eigenvalue weighted by Gasteiger charge is -2.28. The zero-order valence-electron chi connectivity index (χ0n) is 8.51. The Balaban J connectivity index is 3.13. The van der Waals surface area contributed by atoms with Crippen LogP contribution in [0.2, 0.25) is 0 Å². The molecule has 1 rings (SSSR count). The molecule has 2 atom stereocenters. The van der Waals surface area contributed by atoms with Gasteiger partial charge in [0.2, 0.25) is 5.79 Å². The van der Waals surface area contributed by atoms with Crippen molar-refractivity contribution in [2.75, 3.05) is 7.11 Å². The Morgan fingerprint density at radius 1 is 1.69 bits per heavy atom. The topological polar surface area (TPSA) is 126 Å². The number of carbonyl (C=O) groups excluding carboxylic acids is 2. The lowest BCUT2D eigenvalue weighted by molar-refractivity contribution is -0.248. The van der Waals surface area contributed by atoms with Gasteiger partial charge in [0.25, 0.3) is 5.91 Å². The molecule has 2 unspecified atom stereocenters. The maximum absolute atomic E-state index is 10.8. The van der Waals surface area contributed by atoms with Crippen LogP contribution in [0.1, 0.15) is 16.2 Å². The van der Waals surface area contributed by atoms with Crippen molar-refractivity contribution in [2.24, 2.45) is 5.73 Å². The van der Waals surface area contributed by atoms with Crippen molar-refractivity contribution in [2.45, 2.75) is 11.9 Å². The van der Waals surface area contributed by atoms with Crippen LogP contribution >= 0.6 is 0 Å². The highest BCUT2D eigenvalue weighted by atomic mass is 16.6. The van der Waals surface area contributed by atoms with Crippen LogP contribution in [-0.4, -0.2) is 40.6 Å². The quantitative estimate of drug-likeness (QED) is 0.359. The molecule has 0 bridgehead atoms. The number of hydrogen-bond acceptors (Lipinski definition) is 5. The number of aromatic nitrogens is 1. The number of aromatic amines is 1. The molecule has 1 aromatic heterocycles. The molecule has 0 aliphatic rings. The van der Waals surface area contributed by atoms with Crippen molar-refractivity contribution in [1.29, 1.82) is 0 Å². The predicted molar refractivity (Wildman–Crippen MR) is 52.3 cm³/mol. The highest BCUT2D eigenvalue weighted by Crippen LogP contribution is 2.25. The van der Waals surface area contributed by atoms with E-state index in [1.807, 2.05) is 0 Å². The summed E-state index contributed by atoms with van der Waals surface area (Å²) in [5.74, 6) is -3.45. The SMILES string of the molecule is COC(O)(c1ccc(C=O)[nH]1)C(O)C(N)=O. The average Bonchev–Trinajstić information content (AvgIpc) is 2.75. The normalized spacial score (nSPS) is 16.4. The van der Waals surface area contributed by atoms with E-state index in [4.69, 9.17) is 5.73 Å². The number of hydrogen-bond donors (Lipinski definition) is 4. The Labute approximate surface area is 90.8 Å². The molecule has 0 aliphatic carbocycles. The van der Waals surface area contributed by atoms with Crippen LogP contribution in [0.4, 0.5) is 0 Å². The largest absolute Gasteiger partial charge is 0.378 e. The van der Waals surface area contributed by atoms with Gasteiger partial charge in [-0.1, -0.05) is 0 Å². The van der Waals surface area contributed by atoms with Gasteiger partial charge in [-0.15, -0.1) is 0 Å². The van der Waals surface area contributed by atoms with Crippen molar-refractivity contribution in [3.8, 4) is 0 Å². The number of ether oxygens (including phenoxy) is 1. The predicted octanol–water partition coefficient (Wildman–Crippen LogP) is -1.54. The van der Waals surface area contributed by atoms with E-state index in [0.29, 0.717) is 6.29 Å². The molecule has 7 nitrogen and oxygen atoms in total. The van der Waals surface area contributed by atoms with E-state index >= 15 is 0 Å². The fraction of sp³-hybridized carbons (Fsp3) is 0.333. The minimum absolute atomic E-state index is 0.0385. The summed E-state index contributed by atoms with van der Waals surface area (Å²) in [4.78, 5) is 23.7. The zero-order valence-corrected chi connectivity index (χ0v) is 8.51. The van der Waals surface area contributed by atoms with Gasteiger partial charge in [-0.3, -0.25) is 9.59 Å². The summed E-state index contributed by atoms with van der Waals surface area (Å²) >= 11 is 0. The van der Waals surface area contributed by atoms with Crippen LogP contribution in [0.3, 0.4) is 0 Å². The number of amides is 1. The average molecular weight is 228 g/mol. The van der Waals surface area contributed by atoms with E-state index in [0.717, 1.165) is 7.11 Å². The Morgan fingerprint density at radius 3 is 2.69 bits per heavy atom. The fourth-order valence-electron chi connectivity index (χ4n) is 1.25. The van der Waals surface area contributed by atoms with Crippen LogP contribution in [0.15, 0.2) is 12.1 Å². The van der Waals surface area contributed by atoms with E-state index < -0.39 is 17.8 Å². The third kappa shape index (κ3) is 1.96. The van der Waals surface area contributed by atoms with Gasteiger partial charge < -0.3 is 25.7 Å². The Kier molecular flexibility index (Phi) is 3.43. The molecule has 16 heavy (non-hydrogen) atoms. The number of H-pyrrole nitrogens is 1. The minimum Gasteiger partial charge on any atom is -0.378 e. The summed E-state index contributed by atoms with van der Waals surface area (Å²) in [6.07, 6.45) is -1.44. The second kappa shape index (κ2) is 4.44. The second-order valence-corrected chi connectivity index (χ2v) is 3.15. The van der Waals surface area contributed by atoms with Crippen LogP contribution < -0.4 is 5.73 Å². The molecule has 0 radical (unpaired) electrons. The first-order chi connectivity index (χ1) is 7.45. The molecule has 7 heteroatoms. The van der Waals surface area contributed by atoms with E-state index in [1.165, 1.54) is 12.1 Å². The maximum Gasteiger partial charge on any atom is 0.252 e. The molecule has 0 aliphatic heterocycles. The van der Waals surface area contributed by atoms with Crippen molar-refractivity contribution in [3.63, 3.8) is 0 Å². The monoisotopic (exact) mass is 228 g/mol. The van der Waals surface area contributed by atoms with E-state index in [9.17, 15) is 19.8 Å². The highest BCUT2D eigenvalue weighted by Gasteiger charge is 2.42. The van der Waals surface area contributed by atoms with Crippen molar-refractivity contribution < 1.29 is 24.5 Å². The number of nitrogens with two attached hydrogens (primary N) is 1. The van der Waals surface area contributed by atoms with Crippen LogP contribution in [0.25, 0.3) is 0 Å². The zero-order chi connectivity index (χ0) is 12.3. The van der Waals surface area contributed by atoms with Crippen molar-refractivity contribution >= 4 is 12.2 Å². The van der Waals surface area contributed by atoms with Crippen LogP contribution in [-0.2, 0) is 15.3 Å². The first-order valence-corrected chi connectivity index (χ1v) is 4.35. The first-order valence-electron chi connectivity index (χ1n) is 4.35. The summed E-state index contributed by atoms with van der Waals surface area (Å²) in [5, 5.41) is 19.3. The van der Waals surface area contributed by atoms with Gasteiger partial charge in [-0.25, -0.2) is 0 Å². The lowest BCUT2D eigenvalue weighted by Crippen LogP contribution is -2.49. The molecule has 5 N–H and O–H groups in total. The van der Waals surface area contributed by atoms with Gasteiger partial charge >= 0.3 is 0 Å². The number of aliphatic hydroxyl groups is 2. The van der Waals surface area contributed by atoms with Gasteiger partial charge in [0, 0.05) is 7.11 Å². The summed E-state index contributed by atoms with van der Waals surface area (Å²) in [5.41, 5.74) is 4.99. The van der Waals surface area contributed by atoms with Gasteiger partial charge in [-0.05, 0) is 12.1 Å². The van der Waals surface area contributed by atoms with Crippen molar-refractivity contribution in [3.05, 3.63) is 23.5 Å². The first kappa shape index (κ1) is 12.4. The summed E-state index contributed by atoms with van der Waals surface area (Å²) < 4.78 is 4.66. The molecule has 0 aromatic carbocycles. The van der Waals surface area contributed by atoms with E-state index in [1.54, 1.807) is 0 Å². The molecule has 0 spiro atoms. The highest BCUT2D eigenvalue weighted by molar-refractivity contribution is 5.80. The standard InChI is InChI=1S/C9H12N2O5/c1-16-9(15,7(13)8(10)14)6-3-2-5(4-12)11-6/h2-4,7,11,13,15H,1H3,(H2,10,14). The van der Waals surface area contributed by atoms with E-state index in [2.05, 4.69) is 9.72 Å². The smallest absolute Gasteiger partial charge is 0.252 e. The molecular weight excluding hydrogens is 216 g/mol. The van der Waals surface area contributed by atoms with Crippen LogP contribution in [0.5, 0.6) is 0 Å². The molecule has 1 heterocycles. The summed E-state index contributed by atoms with van der Waals surface area (Å²) in [6, 6.07) is 2.67. The Hall–Kier alpha value is -1.70. The minimum atomic E-state index is -2.30. The maximum atomic E-state index is 10.8. The number of aldehydes is 1. The molecule has 0 fully saturated rings. The van der Waals surface area contributed by atoms with E-state index in [-0.39, 0.29) is 11.4 Å². The van der Waals surface area contributed by atoms with Gasteiger partial charge in [0.1, 0.15) is 0 Å². The fourth-order valence-corrected chi connectivity index (χ4v) is 1.25. The lowest BCUT2D eigenvalue weighted by atomic mass is 10.1. The van der Waals surface area contributed by atoms with Gasteiger partial charge in [0.15, 0.2) is 12.4 Å². The van der Waals surface area contributed by atoms with Crippen LogP contribution in [0, 0.1) is 0 Å². The third-order valence-electron chi connectivity index (χ3n) is 2.17. The Morgan fingerprint density at radius 2 is 2.31 bits per heavy atom. The molecule has 88 valence electrons. The summed E-state index contributed by atoms with van der Waals surface area (Å²) in [6.45, 7) is 0. The number of methoxy groups -OCH3 is 1. The number of aliphatic hydroxyl groups excluding tert-OH is 1. The molecule has 1 amide bonds. The van der Waals surface area contributed by atoms with Crippen molar-refractivity contribution in [1.82, 2.24) is 4.98 Å². The molecule has 1 aromatic rings. The number of nitrogens with one attached hydrogen (secondary N) is 1.